The summed E-state index contributed by atoms with van der Waals surface area (Å²) in [6, 6.07) is 13.2. The van der Waals surface area contributed by atoms with E-state index in [9.17, 15) is 24.9 Å². The molecule has 5 atom stereocenters. The van der Waals surface area contributed by atoms with Crippen LogP contribution < -0.4 is 15.0 Å². The van der Waals surface area contributed by atoms with Crippen molar-refractivity contribution in [2.75, 3.05) is 25.7 Å². The van der Waals surface area contributed by atoms with E-state index in [0.717, 1.165) is 10.0 Å². The number of aliphatic hydroxyl groups is 3. The number of methoxy groups -OCH3 is 1. The van der Waals surface area contributed by atoms with Gasteiger partial charge in [0.05, 0.1) is 5.69 Å². The fourth-order valence-corrected chi connectivity index (χ4v) is 3.94. The van der Waals surface area contributed by atoms with Gasteiger partial charge in [-0.3, -0.25) is 9.59 Å². The highest BCUT2D eigenvalue weighted by atomic mass is 79.9. The SMILES string of the molecule is CO[C@@H](C(=O)NC1COc2ccccc2N(C)C1=O)[C@H](O)[C@@H](O)[C@H](O)/C=C/c1ccccc1Br. The van der Waals surface area contributed by atoms with E-state index in [1.165, 1.54) is 18.1 Å². The number of hydrogen-bond donors (Lipinski definition) is 4. The van der Waals surface area contributed by atoms with E-state index in [1.54, 1.807) is 43.5 Å². The molecule has 0 saturated heterocycles. The normalized spacial score (nSPS) is 19.5. The topological polar surface area (TPSA) is 129 Å². The molecule has 1 heterocycles. The molecular formula is C24H27BrN2O7. The number of aliphatic hydroxyl groups excluding tert-OH is 3. The molecular weight excluding hydrogens is 508 g/mol. The Kier molecular flexibility index (Phi) is 8.81. The van der Waals surface area contributed by atoms with Crippen molar-refractivity contribution >= 4 is 39.5 Å². The van der Waals surface area contributed by atoms with Crippen LogP contribution in [0.4, 0.5) is 5.69 Å². The molecule has 2 aromatic carbocycles. The standard InChI is InChI=1S/C24H27BrN2O7/c1-27-17-9-5-6-10-19(17)34-13-16(24(27)32)26-23(31)22(33-2)21(30)20(29)18(28)12-11-14-7-3-4-8-15(14)25/h3-12,16,18,20-22,28-30H,13H2,1-2H3,(H,26,31)/b12-11+/t16?,18-,20+,21-,22-/m1/s1. The van der Waals surface area contributed by atoms with Gasteiger partial charge in [-0.2, -0.15) is 0 Å². The summed E-state index contributed by atoms with van der Waals surface area (Å²) in [7, 11) is 2.74. The molecule has 2 aromatic rings. The Morgan fingerprint density at radius 3 is 2.56 bits per heavy atom. The van der Waals surface area contributed by atoms with Crippen molar-refractivity contribution < 1.29 is 34.4 Å². The molecule has 1 aliphatic heterocycles. The minimum absolute atomic E-state index is 0.127. The van der Waals surface area contributed by atoms with Crippen LogP contribution in [0.1, 0.15) is 5.56 Å². The first-order valence-corrected chi connectivity index (χ1v) is 11.3. The molecule has 182 valence electrons. The van der Waals surface area contributed by atoms with Crippen molar-refractivity contribution in [1.82, 2.24) is 5.32 Å². The van der Waals surface area contributed by atoms with Gasteiger partial charge in [0.25, 0.3) is 11.8 Å². The Morgan fingerprint density at radius 1 is 1.18 bits per heavy atom. The van der Waals surface area contributed by atoms with Gasteiger partial charge in [-0.05, 0) is 23.8 Å². The lowest BCUT2D eigenvalue weighted by Gasteiger charge is -2.28. The predicted molar refractivity (Wildman–Crippen MR) is 129 cm³/mol. The first-order valence-electron chi connectivity index (χ1n) is 10.5. The van der Waals surface area contributed by atoms with Gasteiger partial charge in [0, 0.05) is 18.6 Å². The van der Waals surface area contributed by atoms with Gasteiger partial charge in [-0.15, -0.1) is 0 Å². The number of nitrogens with one attached hydrogen (secondary N) is 1. The van der Waals surface area contributed by atoms with Crippen LogP contribution >= 0.6 is 15.9 Å². The molecule has 1 unspecified atom stereocenters. The van der Waals surface area contributed by atoms with Crippen LogP contribution in [0, 0.1) is 0 Å². The van der Waals surface area contributed by atoms with Gasteiger partial charge in [0.15, 0.2) is 6.10 Å². The predicted octanol–water partition coefficient (Wildman–Crippen LogP) is 1.10. The van der Waals surface area contributed by atoms with Crippen molar-refractivity contribution in [3.8, 4) is 5.75 Å². The Labute approximate surface area is 205 Å². The van der Waals surface area contributed by atoms with Crippen LogP contribution in [0.2, 0.25) is 0 Å². The molecule has 0 spiro atoms. The van der Waals surface area contributed by atoms with Crippen molar-refractivity contribution in [3.63, 3.8) is 0 Å². The number of likely N-dealkylation sites (N-methyl/N-ethyl adjacent to an activating group) is 1. The average Bonchev–Trinajstić information content (AvgIpc) is 2.95. The zero-order valence-corrected chi connectivity index (χ0v) is 20.3. The number of amides is 2. The third kappa shape index (κ3) is 5.83. The summed E-state index contributed by atoms with van der Waals surface area (Å²) < 4.78 is 11.5. The number of benzene rings is 2. The third-order valence-electron chi connectivity index (χ3n) is 5.48. The average molecular weight is 535 g/mol. The number of anilines is 1. The first kappa shape index (κ1) is 25.9. The molecule has 0 fully saturated rings. The number of rotatable bonds is 8. The van der Waals surface area contributed by atoms with Gasteiger partial charge in [-0.25, -0.2) is 0 Å². The summed E-state index contributed by atoms with van der Waals surface area (Å²) in [5, 5.41) is 33.8. The summed E-state index contributed by atoms with van der Waals surface area (Å²) in [4.78, 5) is 27.0. The molecule has 34 heavy (non-hydrogen) atoms. The maximum atomic E-state index is 12.8. The van der Waals surface area contributed by atoms with Gasteiger partial charge in [0.2, 0.25) is 0 Å². The zero-order chi connectivity index (χ0) is 24.8. The lowest BCUT2D eigenvalue weighted by molar-refractivity contribution is -0.150. The van der Waals surface area contributed by atoms with Crippen LogP contribution in [-0.2, 0) is 14.3 Å². The minimum atomic E-state index is -1.78. The summed E-state index contributed by atoms with van der Waals surface area (Å²) in [5.74, 6) is -0.759. The van der Waals surface area contributed by atoms with Crippen molar-refractivity contribution in [2.24, 2.45) is 0 Å². The van der Waals surface area contributed by atoms with Crippen LogP contribution in [-0.4, -0.2) is 78.4 Å². The van der Waals surface area contributed by atoms with E-state index in [0.29, 0.717) is 11.4 Å². The highest BCUT2D eigenvalue weighted by Gasteiger charge is 2.38. The van der Waals surface area contributed by atoms with E-state index in [1.807, 2.05) is 18.2 Å². The second-order valence-corrected chi connectivity index (χ2v) is 8.60. The highest BCUT2D eigenvalue weighted by molar-refractivity contribution is 9.10. The number of fused-ring (bicyclic) bond motifs is 1. The second kappa shape index (κ2) is 11.6. The number of carbonyl (C=O) groups is 2. The smallest absolute Gasteiger partial charge is 0.252 e. The van der Waals surface area contributed by atoms with Crippen LogP contribution in [0.5, 0.6) is 5.75 Å². The largest absolute Gasteiger partial charge is 0.489 e. The maximum absolute atomic E-state index is 12.8. The summed E-state index contributed by atoms with van der Waals surface area (Å²) in [6.45, 7) is -0.127. The number of ether oxygens (including phenoxy) is 2. The zero-order valence-electron chi connectivity index (χ0n) is 18.7. The Balaban J connectivity index is 1.66. The number of carbonyl (C=O) groups excluding carboxylic acids is 2. The van der Waals surface area contributed by atoms with Crippen molar-refractivity contribution in [3.05, 3.63) is 64.6 Å². The van der Waals surface area contributed by atoms with E-state index < -0.39 is 42.3 Å². The van der Waals surface area contributed by atoms with Crippen molar-refractivity contribution in [1.29, 1.82) is 0 Å². The van der Waals surface area contributed by atoms with E-state index in [4.69, 9.17) is 9.47 Å². The Hall–Kier alpha value is -2.76. The molecule has 0 aliphatic carbocycles. The minimum Gasteiger partial charge on any atom is -0.489 e. The Morgan fingerprint density at radius 2 is 1.85 bits per heavy atom. The maximum Gasteiger partial charge on any atom is 0.252 e. The third-order valence-corrected chi connectivity index (χ3v) is 6.20. The summed E-state index contributed by atoms with van der Waals surface area (Å²) >= 11 is 3.38. The van der Waals surface area contributed by atoms with E-state index in [2.05, 4.69) is 21.2 Å². The molecule has 0 bridgehead atoms. The molecule has 0 saturated carbocycles. The number of hydrogen-bond acceptors (Lipinski definition) is 7. The van der Waals surface area contributed by atoms with Gasteiger partial charge >= 0.3 is 0 Å². The van der Waals surface area contributed by atoms with Gasteiger partial charge < -0.3 is 35.0 Å². The van der Waals surface area contributed by atoms with Gasteiger partial charge in [-0.1, -0.05) is 58.4 Å². The quantitative estimate of drug-likeness (QED) is 0.399. The molecule has 0 radical (unpaired) electrons. The molecule has 0 aromatic heterocycles. The molecule has 10 heteroatoms. The Bertz CT molecular complexity index is 1050. The van der Waals surface area contributed by atoms with Crippen LogP contribution in [0.15, 0.2) is 59.1 Å². The van der Waals surface area contributed by atoms with Crippen LogP contribution in [0.3, 0.4) is 0 Å². The number of nitrogens with zero attached hydrogens (tertiary/aromatic N) is 1. The highest BCUT2D eigenvalue weighted by Crippen LogP contribution is 2.30. The van der Waals surface area contributed by atoms with Gasteiger partial charge in [0.1, 0.15) is 36.7 Å². The molecule has 4 N–H and O–H groups in total. The monoisotopic (exact) mass is 534 g/mol. The fourth-order valence-electron chi connectivity index (χ4n) is 3.52. The summed E-state index contributed by atoms with van der Waals surface area (Å²) in [5.41, 5.74) is 1.31. The lowest BCUT2D eigenvalue weighted by atomic mass is 10.0. The lowest BCUT2D eigenvalue weighted by Crippen LogP contribution is -2.56. The first-order chi connectivity index (χ1) is 16.2. The molecule has 3 rings (SSSR count). The molecule has 2 amide bonds. The second-order valence-electron chi connectivity index (χ2n) is 7.75. The number of para-hydroxylation sites is 2. The number of halogens is 1. The van der Waals surface area contributed by atoms with Crippen molar-refractivity contribution in [2.45, 2.75) is 30.5 Å². The van der Waals surface area contributed by atoms with Crippen LogP contribution in [0.25, 0.3) is 6.08 Å². The fraction of sp³-hybridized carbons (Fsp3) is 0.333. The summed E-state index contributed by atoms with van der Waals surface area (Å²) in [6.07, 6.45) is -3.68. The van der Waals surface area contributed by atoms with E-state index >= 15 is 0 Å². The van der Waals surface area contributed by atoms with E-state index in [-0.39, 0.29) is 6.61 Å². The molecule has 9 nitrogen and oxygen atoms in total. The molecule has 1 aliphatic rings.